The van der Waals surface area contributed by atoms with Crippen LogP contribution in [0.2, 0.25) is 0 Å². The minimum atomic E-state index is 0.0760. The van der Waals surface area contributed by atoms with Crippen LogP contribution in [-0.2, 0) is 11.3 Å². The van der Waals surface area contributed by atoms with E-state index in [-0.39, 0.29) is 11.8 Å². The van der Waals surface area contributed by atoms with E-state index in [0.29, 0.717) is 0 Å². The topological polar surface area (TPSA) is 32.3 Å². The van der Waals surface area contributed by atoms with E-state index in [9.17, 15) is 4.79 Å². The number of nitrogens with zero attached hydrogens (tertiary/aromatic N) is 1. The van der Waals surface area contributed by atoms with Crippen molar-refractivity contribution in [1.82, 2.24) is 4.90 Å². The van der Waals surface area contributed by atoms with Crippen molar-refractivity contribution in [2.75, 3.05) is 18.4 Å². The van der Waals surface area contributed by atoms with Gasteiger partial charge in [0.15, 0.2) is 0 Å². The van der Waals surface area contributed by atoms with Gasteiger partial charge >= 0.3 is 0 Å². The number of amides is 1. The van der Waals surface area contributed by atoms with Gasteiger partial charge in [-0.25, -0.2) is 0 Å². The first kappa shape index (κ1) is 15.8. The molecule has 1 aliphatic heterocycles. The third-order valence-corrected chi connectivity index (χ3v) is 4.53. The van der Waals surface area contributed by atoms with Gasteiger partial charge in [0.2, 0.25) is 5.91 Å². The SMILES string of the molecule is Cc1ccccc1NC(=O)[C@H]1CCCN(Cc2ccccc2)C1. The van der Waals surface area contributed by atoms with E-state index < -0.39 is 0 Å². The summed E-state index contributed by atoms with van der Waals surface area (Å²) >= 11 is 0. The van der Waals surface area contributed by atoms with Crippen LogP contribution in [0.25, 0.3) is 0 Å². The molecule has 23 heavy (non-hydrogen) atoms. The standard InChI is InChI=1S/C20H24N2O/c1-16-8-5-6-12-19(16)21-20(23)18-11-7-13-22(15-18)14-17-9-3-2-4-10-17/h2-6,8-10,12,18H,7,11,13-15H2,1H3,(H,21,23)/t18-/m0/s1. The largest absolute Gasteiger partial charge is 0.326 e. The number of hydrogen-bond acceptors (Lipinski definition) is 2. The van der Waals surface area contributed by atoms with E-state index in [0.717, 1.165) is 43.7 Å². The van der Waals surface area contributed by atoms with Crippen molar-refractivity contribution in [3.63, 3.8) is 0 Å². The Morgan fingerprint density at radius 2 is 1.87 bits per heavy atom. The van der Waals surface area contributed by atoms with Crippen LogP contribution in [0.1, 0.15) is 24.0 Å². The van der Waals surface area contributed by atoms with Crippen LogP contribution in [0.5, 0.6) is 0 Å². The van der Waals surface area contributed by atoms with E-state index in [1.54, 1.807) is 0 Å². The van der Waals surface area contributed by atoms with Crippen LogP contribution in [0.3, 0.4) is 0 Å². The average molecular weight is 308 g/mol. The summed E-state index contributed by atoms with van der Waals surface area (Å²) in [6, 6.07) is 18.4. The third kappa shape index (κ3) is 4.20. The van der Waals surface area contributed by atoms with Gasteiger partial charge in [0.1, 0.15) is 0 Å². The summed E-state index contributed by atoms with van der Waals surface area (Å²) in [5.74, 6) is 0.226. The summed E-state index contributed by atoms with van der Waals surface area (Å²) in [6.45, 7) is 4.86. The third-order valence-electron chi connectivity index (χ3n) is 4.53. The number of para-hydroxylation sites is 1. The van der Waals surface area contributed by atoms with E-state index in [1.165, 1.54) is 5.56 Å². The Kier molecular flexibility index (Phi) is 5.09. The van der Waals surface area contributed by atoms with Crippen LogP contribution in [0, 0.1) is 12.8 Å². The average Bonchev–Trinajstić information content (AvgIpc) is 2.58. The highest BCUT2D eigenvalue weighted by molar-refractivity contribution is 5.93. The lowest BCUT2D eigenvalue weighted by Gasteiger charge is -2.32. The van der Waals surface area contributed by atoms with E-state index >= 15 is 0 Å². The maximum absolute atomic E-state index is 12.6. The quantitative estimate of drug-likeness (QED) is 0.930. The Balaban J connectivity index is 1.59. The molecule has 1 N–H and O–H groups in total. The molecule has 3 heteroatoms. The molecule has 2 aromatic rings. The second-order valence-electron chi connectivity index (χ2n) is 6.36. The molecule has 1 amide bonds. The van der Waals surface area contributed by atoms with E-state index in [4.69, 9.17) is 0 Å². The second kappa shape index (κ2) is 7.42. The lowest BCUT2D eigenvalue weighted by atomic mass is 9.96. The van der Waals surface area contributed by atoms with Gasteiger partial charge in [-0.2, -0.15) is 0 Å². The Hall–Kier alpha value is -2.13. The van der Waals surface area contributed by atoms with Crippen LogP contribution < -0.4 is 5.32 Å². The number of rotatable bonds is 4. The summed E-state index contributed by atoms with van der Waals surface area (Å²) in [6.07, 6.45) is 2.06. The van der Waals surface area contributed by atoms with Crippen molar-refractivity contribution >= 4 is 11.6 Å². The van der Waals surface area contributed by atoms with Gasteiger partial charge in [-0.05, 0) is 43.5 Å². The minimum absolute atomic E-state index is 0.0760. The summed E-state index contributed by atoms with van der Waals surface area (Å²) in [5.41, 5.74) is 3.35. The molecule has 1 atom stereocenters. The molecule has 0 unspecified atom stereocenters. The van der Waals surface area contributed by atoms with Crippen molar-refractivity contribution in [2.24, 2.45) is 5.92 Å². The number of aryl methyl sites for hydroxylation is 1. The van der Waals surface area contributed by atoms with Gasteiger partial charge < -0.3 is 5.32 Å². The highest BCUT2D eigenvalue weighted by Gasteiger charge is 2.26. The highest BCUT2D eigenvalue weighted by Crippen LogP contribution is 2.21. The molecule has 1 saturated heterocycles. The molecule has 0 radical (unpaired) electrons. The maximum Gasteiger partial charge on any atom is 0.228 e. The molecule has 2 aromatic carbocycles. The molecule has 1 heterocycles. The predicted octanol–water partition coefficient (Wildman–Crippen LogP) is 3.85. The fraction of sp³-hybridized carbons (Fsp3) is 0.350. The number of piperidine rings is 1. The van der Waals surface area contributed by atoms with Crippen molar-refractivity contribution in [3.8, 4) is 0 Å². The Morgan fingerprint density at radius 1 is 1.13 bits per heavy atom. The van der Waals surface area contributed by atoms with Gasteiger partial charge in [-0.1, -0.05) is 48.5 Å². The van der Waals surface area contributed by atoms with Gasteiger partial charge in [0.25, 0.3) is 0 Å². The first-order valence-corrected chi connectivity index (χ1v) is 8.35. The van der Waals surface area contributed by atoms with Crippen LogP contribution in [0.4, 0.5) is 5.69 Å². The first-order valence-electron chi connectivity index (χ1n) is 8.35. The Bertz CT molecular complexity index is 654. The number of carbonyl (C=O) groups excluding carboxylic acids is 1. The molecule has 1 fully saturated rings. The zero-order valence-corrected chi connectivity index (χ0v) is 13.7. The van der Waals surface area contributed by atoms with Crippen molar-refractivity contribution in [2.45, 2.75) is 26.3 Å². The van der Waals surface area contributed by atoms with Crippen molar-refractivity contribution in [1.29, 1.82) is 0 Å². The summed E-state index contributed by atoms with van der Waals surface area (Å²) in [5, 5.41) is 3.10. The molecule has 0 aliphatic carbocycles. The van der Waals surface area contributed by atoms with Gasteiger partial charge in [-0.15, -0.1) is 0 Å². The lowest BCUT2D eigenvalue weighted by molar-refractivity contribution is -0.121. The monoisotopic (exact) mass is 308 g/mol. The molecule has 0 aromatic heterocycles. The number of likely N-dealkylation sites (tertiary alicyclic amines) is 1. The van der Waals surface area contributed by atoms with Crippen LogP contribution >= 0.6 is 0 Å². The molecular formula is C20H24N2O. The van der Waals surface area contributed by atoms with Gasteiger partial charge in [0, 0.05) is 18.8 Å². The second-order valence-corrected chi connectivity index (χ2v) is 6.36. The molecular weight excluding hydrogens is 284 g/mol. The summed E-state index contributed by atoms with van der Waals surface area (Å²) < 4.78 is 0. The molecule has 0 spiro atoms. The number of anilines is 1. The molecule has 120 valence electrons. The molecule has 1 aliphatic rings. The fourth-order valence-corrected chi connectivity index (χ4v) is 3.20. The smallest absolute Gasteiger partial charge is 0.228 e. The highest BCUT2D eigenvalue weighted by atomic mass is 16.1. The molecule has 3 nitrogen and oxygen atoms in total. The van der Waals surface area contributed by atoms with Crippen LogP contribution in [0.15, 0.2) is 54.6 Å². The van der Waals surface area contributed by atoms with Gasteiger partial charge in [0.05, 0.1) is 5.92 Å². The Labute approximate surface area is 138 Å². The first-order chi connectivity index (χ1) is 11.2. The summed E-state index contributed by atoms with van der Waals surface area (Å²) in [4.78, 5) is 15.0. The van der Waals surface area contributed by atoms with Gasteiger partial charge in [-0.3, -0.25) is 9.69 Å². The Morgan fingerprint density at radius 3 is 2.65 bits per heavy atom. The predicted molar refractivity (Wildman–Crippen MR) is 94.3 cm³/mol. The maximum atomic E-state index is 12.6. The number of hydrogen-bond donors (Lipinski definition) is 1. The van der Waals surface area contributed by atoms with Crippen molar-refractivity contribution < 1.29 is 4.79 Å². The van der Waals surface area contributed by atoms with E-state index in [1.807, 2.05) is 37.3 Å². The number of nitrogens with one attached hydrogen (secondary N) is 1. The van der Waals surface area contributed by atoms with Crippen LogP contribution in [-0.4, -0.2) is 23.9 Å². The molecule has 3 rings (SSSR count). The number of carbonyl (C=O) groups is 1. The molecule has 0 bridgehead atoms. The normalized spacial score (nSPS) is 18.6. The van der Waals surface area contributed by atoms with E-state index in [2.05, 4.69) is 34.5 Å². The number of benzene rings is 2. The zero-order valence-electron chi connectivity index (χ0n) is 13.7. The van der Waals surface area contributed by atoms with Crippen molar-refractivity contribution in [3.05, 3.63) is 65.7 Å². The summed E-state index contributed by atoms with van der Waals surface area (Å²) in [7, 11) is 0. The molecule has 0 saturated carbocycles. The lowest BCUT2D eigenvalue weighted by Crippen LogP contribution is -2.40. The fourth-order valence-electron chi connectivity index (χ4n) is 3.20. The minimum Gasteiger partial charge on any atom is -0.326 e. The zero-order chi connectivity index (χ0) is 16.1.